The lowest BCUT2D eigenvalue weighted by molar-refractivity contribution is 0.282. The summed E-state index contributed by atoms with van der Waals surface area (Å²) in [5.74, 6) is 0.793. The van der Waals surface area contributed by atoms with Gasteiger partial charge in [-0.3, -0.25) is 4.72 Å². The molecule has 0 amide bonds. The summed E-state index contributed by atoms with van der Waals surface area (Å²) in [4.78, 5) is 0.872. The Hall–Kier alpha value is -2.19. The number of hydrogen-bond acceptors (Lipinski definition) is 5. The second kappa shape index (κ2) is 12.2. The first kappa shape index (κ1) is 25.9. The van der Waals surface area contributed by atoms with E-state index in [1.807, 2.05) is 54.6 Å². The predicted octanol–water partition coefficient (Wildman–Crippen LogP) is 6.55. The average Bonchev–Trinajstić information content (AvgIpc) is 3.24. The fourth-order valence-corrected chi connectivity index (χ4v) is 7.24. The molecule has 0 spiro atoms. The van der Waals surface area contributed by atoms with E-state index >= 15 is 0 Å². The van der Waals surface area contributed by atoms with Crippen molar-refractivity contribution in [2.75, 3.05) is 4.72 Å². The van der Waals surface area contributed by atoms with Crippen LogP contribution in [0.2, 0.25) is 0 Å². The highest BCUT2D eigenvalue weighted by Gasteiger charge is 2.20. The van der Waals surface area contributed by atoms with E-state index < -0.39 is 10.0 Å². The maximum Gasteiger partial charge on any atom is 0.271 e. The highest BCUT2D eigenvalue weighted by molar-refractivity contribution is 7.94. The number of anilines is 1. The summed E-state index contributed by atoms with van der Waals surface area (Å²) in [5.41, 5.74) is 3.32. The molecular weight excluding hydrogens is 476 g/mol. The van der Waals surface area contributed by atoms with Crippen molar-refractivity contribution in [2.24, 2.45) is 5.92 Å². The molecule has 0 aliphatic heterocycles. The van der Waals surface area contributed by atoms with E-state index in [4.69, 9.17) is 0 Å². The number of aliphatic hydroxyl groups is 1. The minimum atomic E-state index is -3.70. The van der Waals surface area contributed by atoms with E-state index in [1.165, 1.54) is 56.3 Å². The molecule has 35 heavy (non-hydrogen) atoms. The van der Waals surface area contributed by atoms with Gasteiger partial charge in [0.15, 0.2) is 0 Å². The van der Waals surface area contributed by atoms with Crippen LogP contribution >= 0.6 is 11.3 Å². The molecule has 0 bridgehead atoms. The van der Waals surface area contributed by atoms with E-state index in [-0.39, 0.29) is 10.8 Å². The summed E-state index contributed by atoms with van der Waals surface area (Å²) in [6, 6.07) is 19.0. The van der Waals surface area contributed by atoms with Crippen molar-refractivity contribution >= 4 is 27.0 Å². The Morgan fingerprint density at radius 1 is 0.971 bits per heavy atom. The number of sulfonamides is 1. The highest BCUT2D eigenvalue weighted by Crippen LogP contribution is 2.32. The van der Waals surface area contributed by atoms with Gasteiger partial charge in [-0.25, -0.2) is 8.42 Å². The monoisotopic (exact) mass is 512 g/mol. The van der Waals surface area contributed by atoms with E-state index in [2.05, 4.69) is 17.0 Å². The molecular formula is C28H36N2O3S2. The molecule has 188 valence electrons. The van der Waals surface area contributed by atoms with Crippen molar-refractivity contribution in [1.29, 1.82) is 0 Å². The van der Waals surface area contributed by atoms with Gasteiger partial charge < -0.3 is 10.4 Å². The largest absolute Gasteiger partial charge is 0.392 e. The minimum Gasteiger partial charge on any atom is -0.392 e. The number of thiophene rings is 1. The van der Waals surface area contributed by atoms with Crippen molar-refractivity contribution in [3.63, 3.8) is 0 Å². The molecule has 0 unspecified atom stereocenters. The molecule has 3 aromatic rings. The third kappa shape index (κ3) is 7.17. The second-order valence-electron chi connectivity index (χ2n) is 9.61. The van der Waals surface area contributed by atoms with Crippen LogP contribution in [-0.2, 0) is 23.2 Å². The fraction of sp³-hybridized carbons (Fsp3) is 0.429. The molecule has 7 heteroatoms. The van der Waals surface area contributed by atoms with Crippen molar-refractivity contribution < 1.29 is 13.5 Å². The van der Waals surface area contributed by atoms with Gasteiger partial charge in [0.25, 0.3) is 10.0 Å². The summed E-state index contributed by atoms with van der Waals surface area (Å²) in [7, 11) is -3.70. The van der Waals surface area contributed by atoms with Gasteiger partial charge in [0, 0.05) is 17.5 Å². The molecule has 1 aliphatic rings. The third-order valence-corrected chi connectivity index (χ3v) is 9.82. The van der Waals surface area contributed by atoms with Gasteiger partial charge in [-0.2, -0.15) is 0 Å². The Morgan fingerprint density at radius 2 is 1.69 bits per heavy atom. The van der Waals surface area contributed by atoms with Gasteiger partial charge in [-0.15, -0.1) is 11.3 Å². The Kier molecular flexibility index (Phi) is 9.00. The van der Waals surface area contributed by atoms with Gasteiger partial charge in [0.2, 0.25) is 0 Å². The first-order chi connectivity index (χ1) is 16.9. The maximum atomic E-state index is 13.2. The highest BCUT2D eigenvalue weighted by atomic mass is 32.2. The molecule has 2 aromatic carbocycles. The maximum absolute atomic E-state index is 13.2. The first-order valence-corrected chi connectivity index (χ1v) is 14.9. The number of para-hydroxylation sites is 1. The number of hydrogen-bond donors (Lipinski definition) is 3. The topological polar surface area (TPSA) is 78.4 Å². The van der Waals surface area contributed by atoms with Gasteiger partial charge >= 0.3 is 0 Å². The Morgan fingerprint density at radius 3 is 2.40 bits per heavy atom. The Labute approximate surface area is 213 Å². The predicted molar refractivity (Wildman–Crippen MR) is 145 cm³/mol. The van der Waals surface area contributed by atoms with Crippen molar-refractivity contribution in [1.82, 2.24) is 5.32 Å². The molecule has 4 rings (SSSR count). The number of aliphatic hydroxyl groups excluding tert-OH is 1. The Bertz CT molecular complexity index is 1180. The van der Waals surface area contributed by atoms with Crippen LogP contribution in [0.15, 0.2) is 64.9 Å². The SMILES string of the molecule is C[C@@H](CC1CCCCCC1)NCc1ccccc1NS(=O)(=O)c1ccc(-c2ccc(CO)cc2)s1. The summed E-state index contributed by atoms with van der Waals surface area (Å²) in [5, 5.41) is 12.9. The first-order valence-electron chi connectivity index (χ1n) is 12.6. The van der Waals surface area contributed by atoms with Crippen molar-refractivity contribution in [3.8, 4) is 10.4 Å². The molecule has 1 heterocycles. The molecule has 0 radical (unpaired) electrons. The molecule has 0 saturated heterocycles. The zero-order valence-corrected chi connectivity index (χ0v) is 22.0. The second-order valence-corrected chi connectivity index (χ2v) is 12.6. The fourth-order valence-electron chi connectivity index (χ4n) is 4.83. The lowest BCUT2D eigenvalue weighted by atomic mass is 9.93. The molecule has 1 saturated carbocycles. The zero-order chi connectivity index (χ0) is 24.7. The Balaban J connectivity index is 1.40. The average molecular weight is 513 g/mol. The third-order valence-electron chi connectivity index (χ3n) is 6.83. The zero-order valence-electron chi connectivity index (χ0n) is 20.4. The summed E-state index contributed by atoms with van der Waals surface area (Å²) < 4.78 is 29.4. The van der Waals surface area contributed by atoms with Crippen LogP contribution in [0, 0.1) is 5.92 Å². The molecule has 1 aromatic heterocycles. The van der Waals surface area contributed by atoms with Crippen LogP contribution in [0.5, 0.6) is 0 Å². The normalized spacial score (nSPS) is 16.1. The van der Waals surface area contributed by atoms with Crippen molar-refractivity contribution in [3.05, 3.63) is 71.8 Å². The molecule has 5 nitrogen and oxygen atoms in total. The van der Waals surface area contributed by atoms with Gasteiger partial charge in [-0.1, -0.05) is 81.0 Å². The number of nitrogens with one attached hydrogen (secondary N) is 2. The lowest BCUT2D eigenvalue weighted by Crippen LogP contribution is -2.28. The quantitative estimate of drug-likeness (QED) is 0.269. The van der Waals surface area contributed by atoms with Crippen molar-refractivity contribution in [2.45, 2.75) is 75.3 Å². The number of rotatable bonds is 10. The summed E-state index contributed by atoms with van der Waals surface area (Å²) >= 11 is 1.24. The van der Waals surface area contributed by atoms with Gasteiger partial charge in [0.05, 0.1) is 12.3 Å². The molecule has 1 atom stereocenters. The van der Waals surface area contributed by atoms with E-state index in [1.54, 1.807) is 6.07 Å². The minimum absolute atomic E-state index is 0.0120. The van der Waals surface area contributed by atoms with Crippen LogP contribution in [0.4, 0.5) is 5.69 Å². The van der Waals surface area contributed by atoms with Crippen LogP contribution in [0.3, 0.4) is 0 Å². The van der Waals surface area contributed by atoms with Crippen LogP contribution < -0.4 is 10.0 Å². The molecule has 3 N–H and O–H groups in total. The van der Waals surface area contributed by atoms with Gasteiger partial charge in [-0.05, 0) is 54.2 Å². The number of benzene rings is 2. The smallest absolute Gasteiger partial charge is 0.271 e. The van der Waals surface area contributed by atoms with E-state index in [9.17, 15) is 13.5 Å². The van der Waals surface area contributed by atoms with Gasteiger partial charge in [0.1, 0.15) is 4.21 Å². The van der Waals surface area contributed by atoms with Crippen LogP contribution in [0.1, 0.15) is 63.0 Å². The lowest BCUT2D eigenvalue weighted by Gasteiger charge is -2.21. The molecule has 1 aliphatic carbocycles. The van der Waals surface area contributed by atoms with E-state index in [0.717, 1.165) is 27.5 Å². The summed E-state index contributed by atoms with van der Waals surface area (Å²) in [6.07, 6.45) is 9.26. The molecule has 1 fully saturated rings. The summed E-state index contributed by atoms with van der Waals surface area (Å²) in [6.45, 7) is 2.85. The standard InChI is InChI=1S/C28H36N2O3S2/c1-21(18-22-8-4-2-3-5-9-22)29-19-25-10-6-7-11-26(25)30-35(32,33)28-17-16-27(34-28)24-14-12-23(20-31)13-15-24/h6-7,10-17,21-22,29-31H,2-5,8-9,18-20H2,1H3/t21-/m0/s1. The van der Waals surface area contributed by atoms with Crippen LogP contribution in [-0.4, -0.2) is 19.6 Å². The van der Waals surface area contributed by atoms with E-state index in [0.29, 0.717) is 18.3 Å². The van der Waals surface area contributed by atoms with Crippen LogP contribution in [0.25, 0.3) is 10.4 Å².